The standard InChI is InChI=1S/C21H19O2Si/c1-2-21(22)23-24(18-12-6-3-7-13-18,19-14-8-4-9-15-19)20-16-10-5-11-17-20/h3-17H,1-2H2. The lowest BCUT2D eigenvalue weighted by Gasteiger charge is -2.32. The third-order valence-electron chi connectivity index (χ3n) is 4.01. The molecular weight excluding hydrogens is 312 g/mol. The minimum Gasteiger partial charge on any atom is -0.506 e. The second-order valence-electron chi connectivity index (χ2n) is 5.50. The van der Waals surface area contributed by atoms with E-state index in [4.69, 9.17) is 4.43 Å². The van der Waals surface area contributed by atoms with Gasteiger partial charge in [0, 0.05) is 6.42 Å². The molecule has 1 radical (unpaired) electrons. The van der Waals surface area contributed by atoms with Gasteiger partial charge in [-0.3, -0.25) is 4.79 Å². The average Bonchev–Trinajstić information content (AvgIpc) is 2.68. The lowest BCUT2D eigenvalue weighted by atomic mass is 10.3. The van der Waals surface area contributed by atoms with Gasteiger partial charge in [0.1, 0.15) is 0 Å². The molecule has 0 spiro atoms. The molecule has 119 valence electrons. The molecule has 0 fully saturated rings. The molecule has 3 rings (SSSR count). The van der Waals surface area contributed by atoms with Crippen molar-refractivity contribution in [1.29, 1.82) is 0 Å². The Morgan fingerprint density at radius 3 is 1.33 bits per heavy atom. The van der Waals surface area contributed by atoms with Gasteiger partial charge in [0.05, 0.1) is 0 Å². The summed E-state index contributed by atoms with van der Waals surface area (Å²) in [5.74, 6) is -0.279. The van der Waals surface area contributed by atoms with Gasteiger partial charge in [-0.2, -0.15) is 0 Å². The molecule has 0 aliphatic carbocycles. The molecule has 0 amide bonds. The fourth-order valence-corrected chi connectivity index (χ4v) is 6.70. The summed E-state index contributed by atoms with van der Waals surface area (Å²) in [5.41, 5.74) is 0. The van der Waals surface area contributed by atoms with Crippen LogP contribution in [0.25, 0.3) is 0 Å². The number of carbonyl (C=O) groups is 1. The van der Waals surface area contributed by atoms with Crippen molar-refractivity contribution >= 4 is 29.8 Å². The summed E-state index contributed by atoms with van der Waals surface area (Å²) < 4.78 is 6.18. The maximum atomic E-state index is 12.3. The zero-order chi connectivity index (χ0) is 16.8. The Hall–Kier alpha value is -2.65. The van der Waals surface area contributed by atoms with E-state index in [2.05, 4.69) is 6.92 Å². The SMILES string of the molecule is [CH2]CC(=O)O[Si](c1ccccc1)(c1ccccc1)c1ccccc1. The predicted octanol–water partition coefficient (Wildman–Crippen LogP) is 2.42. The fraction of sp³-hybridized carbons (Fsp3) is 0.0476. The van der Waals surface area contributed by atoms with Gasteiger partial charge in [-0.1, -0.05) is 91.0 Å². The lowest BCUT2D eigenvalue weighted by Crippen LogP contribution is -2.70. The minimum absolute atomic E-state index is 0.112. The number of carbonyl (C=O) groups excluding carboxylic acids is 1. The number of hydrogen-bond donors (Lipinski definition) is 0. The Balaban J connectivity index is 2.30. The summed E-state index contributed by atoms with van der Waals surface area (Å²) in [7, 11) is -2.90. The number of benzene rings is 3. The normalized spacial score (nSPS) is 11.0. The van der Waals surface area contributed by atoms with Gasteiger partial charge in [-0.05, 0) is 22.5 Å². The van der Waals surface area contributed by atoms with Crippen LogP contribution in [0.4, 0.5) is 0 Å². The highest BCUT2D eigenvalue weighted by Crippen LogP contribution is 2.10. The predicted molar refractivity (Wildman–Crippen MR) is 100 cm³/mol. The van der Waals surface area contributed by atoms with Crippen LogP contribution in [-0.4, -0.2) is 14.3 Å². The summed E-state index contributed by atoms with van der Waals surface area (Å²) in [6.45, 7) is 3.70. The van der Waals surface area contributed by atoms with E-state index in [0.29, 0.717) is 0 Å². The first kappa shape index (κ1) is 16.2. The largest absolute Gasteiger partial charge is 0.506 e. The van der Waals surface area contributed by atoms with Crippen molar-refractivity contribution in [2.75, 3.05) is 0 Å². The third-order valence-corrected chi connectivity index (χ3v) is 7.99. The topological polar surface area (TPSA) is 26.3 Å². The van der Waals surface area contributed by atoms with Crippen molar-refractivity contribution < 1.29 is 9.22 Å². The quantitative estimate of drug-likeness (QED) is 0.530. The van der Waals surface area contributed by atoms with E-state index < -0.39 is 8.32 Å². The van der Waals surface area contributed by atoms with Crippen LogP contribution in [0.2, 0.25) is 0 Å². The second kappa shape index (κ2) is 7.28. The summed E-state index contributed by atoms with van der Waals surface area (Å²) in [4.78, 5) is 12.3. The van der Waals surface area contributed by atoms with Crippen LogP contribution in [0.3, 0.4) is 0 Å². The summed E-state index contributed by atoms with van der Waals surface area (Å²) >= 11 is 0. The van der Waals surface area contributed by atoms with E-state index in [9.17, 15) is 4.79 Å². The second-order valence-corrected chi connectivity index (χ2v) is 8.80. The van der Waals surface area contributed by atoms with Gasteiger partial charge >= 0.3 is 8.32 Å². The highest BCUT2D eigenvalue weighted by Gasteiger charge is 2.44. The molecule has 0 aliphatic rings. The molecule has 3 heteroatoms. The average molecular weight is 331 g/mol. The van der Waals surface area contributed by atoms with Crippen LogP contribution < -0.4 is 15.6 Å². The van der Waals surface area contributed by atoms with Crippen molar-refractivity contribution in [3.05, 3.63) is 97.9 Å². The molecule has 24 heavy (non-hydrogen) atoms. The van der Waals surface area contributed by atoms with Gasteiger partial charge in [-0.25, -0.2) is 0 Å². The monoisotopic (exact) mass is 331 g/mol. The summed E-state index contributed by atoms with van der Waals surface area (Å²) in [6.07, 6.45) is 0.112. The molecule has 0 N–H and O–H groups in total. The van der Waals surface area contributed by atoms with E-state index >= 15 is 0 Å². The minimum atomic E-state index is -2.90. The molecule has 0 aromatic heterocycles. The molecule has 2 nitrogen and oxygen atoms in total. The van der Waals surface area contributed by atoms with Gasteiger partial charge < -0.3 is 4.43 Å². The first-order chi connectivity index (χ1) is 11.8. The van der Waals surface area contributed by atoms with Crippen molar-refractivity contribution in [2.24, 2.45) is 0 Å². The van der Waals surface area contributed by atoms with E-state index in [1.165, 1.54) is 0 Å². The van der Waals surface area contributed by atoms with Crippen molar-refractivity contribution in [3.63, 3.8) is 0 Å². The molecule has 0 unspecified atom stereocenters. The highest BCUT2D eigenvalue weighted by molar-refractivity contribution is 7.07. The van der Waals surface area contributed by atoms with Gasteiger partial charge in [-0.15, -0.1) is 0 Å². The van der Waals surface area contributed by atoms with Crippen molar-refractivity contribution in [1.82, 2.24) is 0 Å². The molecule has 3 aromatic carbocycles. The smallest absolute Gasteiger partial charge is 0.350 e. The molecular formula is C21H19O2Si. The number of rotatable bonds is 5. The van der Waals surface area contributed by atoms with Gasteiger partial charge in [0.2, 0.25) is 0 Å². The van der Waals surface area contributed by atoms with Gasteiger partial charge in [0.25, 0.3) is 5.97 Å². The number of hydrogen-bond acceptors (Lipinski definition) is 2. The van der Waals surface area contributed by atoms with E-state index in [1.807, 2.05) is 91.0 Å². The molecule has 0 aliphatic heterocycles. The molecule has 0 atom stereocenters. The summed E-state index contributed by atoms with van der Waals surface area (Å²) in [5, 5.41) is 3.14. The van der Waals surface area contributed by atoms with E-state index in [1.54, 1.807) is 0 Å². The van der Waals surface area contributed by atoms with Crippen molar-refractivity contribution in [3.8, 4) is 0 Å². The zero-order valence-electron chi connectivity index (χ0n) is 13.4. The van der Waals surface area contributed by atoms with Crippen LogP contribution in [-0.2, 0) is 9.22 Å². The Kier molecular flexibility index (Phi) is 4.92. The molecule has 0 heterocycles. The molecule has 0 saturated heterocycles. The Labute approximate surface area is 143 Å². The molecule has 0 saturated carbocycles. The van der Waals surface area contributed by atoms with Crippen LogP contribution in [0.1, 0.15) is 6.42 Å². The van der Waals surface area contributed by atoms with E-state index in [0.717, 1.165) is 15.6 Å². The molecule has 3 aromatic rings. The van der Waals surface area contributed by atoms with Crippen molar-refractivity contribution in [2.45, 2.75) is 6.42 Å². The van der Waals surface area contributed by atoms with Crippen LogP contribution in [0.15, 0.2) is 91.0 Å². The summed E-state index contributed by atoms with van der Waals surface area (Å²) in [6, 6.07) is 30.1. The van der Waals surface area contributed by atoms with Crippen LogP contribution in [0, 0.1) is 6.92 Å². The molecule has 0 bridgehead atoms. The maximum Gasteiger partial charge on any atom is 0.350 e. The zero-order valence-corrected chi connectivity index (χ0v) is 14.4. The first-order valence-electron chi connectivity index (χ1n) is 7.95. The Morgan fingerprint density at radius 2 is 1.04 bits per heavy atom. The lowest BCUT2D eigenvalue weighted by molar-refractivity contribution is -0.133. The highest BCUT2D eigenvalue weighted by atomic mass is 28.4. The van der Waals surface area contributed by atoms with Gasteiger partial charge in [0.15, 0.2) is 0 Å². The Bertz CT molecular complexity index is 689. The first-order valence-corrected chi connectivity index (χ1v) is 9.86. The van der Waals surface area contributed by atoms with Crippen LogP contribution in [0.5, 0.6) is 0 Å². The maximum absolute atomic E-state index is 12.3. The third kappa shape index (κ3) is 3.03. The van der Waals surface area contributed by atoms with Crippen LogP contribution >= 0.6 is 0 Å². The fourth-order valence-electron chi connectivity index (χ4n) is 2.92. The van der Waals surface area contributed by atoms with E-state index in [-0.39, 0.29) is 12.4 Å². The Morgan fingerprint density at radius 1 is 0.708 bits per heavy atom.